The lowest BCUT2D eigenvalue weighted by molar-refractivity contribution is -0.356. The smallest absolute Gasteiger partial charge is 0.303 e. The monoisotopic (exact) mass is 624 g/mol. The number of esters is 4. The lowest BCUT2D eigenvalue weighted by Crippen LogP contribution is -2.66. The van der Waals surface area contributed by atoms with Crippen molar-refractivity contribution < 1.29 is 72.1 Å². The molecule has 15 nitrogen and oxygen atoms in total. The van der Waals surface area contributed by atoms with E-state index >= 15 is 0 Å². The highest BCUT2D eigenvalue weighted by Crippen LogP contribution is 2.38. The van der Waals surface area contributed by atoms with Crippen molar-refractivity contribution in [1.29, 1.82) is 0 Å². The highest BCUT2D eigenvalue weighted by atomic mass is 28.4. The fourth-order valence-corrected chi connectivity index (χ4v) is 5.19. The van der Waals surface area contributed by atoms with Crippen LogP contribution in [0.2, 0.25) is 18.1 Å². The average Bonchev–Trinajstić information content (AvgIpc) is 2.83. The minimum Gasteiger partial charge on any atom is -0.463 e. The summed E-state index contributed by atoms with van der Waals surface area (Å²) < 4.78 is 44.4. The summed E-state index contributed by atoms with van der Waals surface area (Å²) in [6.45, 7) is 13.7. The molecule has 2 fully saturated rings. The molecule has 2 saturated heterocycles. The number of carbonyl (C=O) groups excluding carboxylic acids is 4. The van der Waals surface area contributed by atoms with Gasteiger partial charge in [0.25, 0.3) is 0 Å². The van der Waals surface area contributed by atoms with Crippen LogP contribution in [0.3, 0.4) is 0 Å². The summed E-state index contributed by atoms with van der Waals surface area (Å²) >= 11 is 0. The van der Waals surface area contributed by atoms with Crippen molar-refractivity contribution in [2.75, 3.05) is 13.2 Å². The van der Waals surface area contributed by atoms with Crippen LogP contribution in [0.15, 0.2) is 0 Å². The molecule has 0 spiro atoms. The second kappa shape index (κ2) is 14.5. The van der Waals surface area contributed by atoms with E-state index in [9.17, 15) is 34.5 Å². The summed E-state index contributed by atoms with van der Waals surface area (Å²) in [4.78, 5) is 47.6. The van der Waals surface area contributed by atoms with E-state index in [4.69, 9.17) is 37.6 Å². The summed E-state index contributed by atoms with van der Waals surface area (Å²) in [5, 5.41) is 32.2. The third-order valence-electron chi connectivity index (χ3n) is 7.31. The molecule has 3 N–H and O–H groups in total. The third kappa shape index (κ3) is 9.41. The van der Waals surface area contributed by atoms with Crippen LogP contribution in [0.5, 0.6) is 0 Å². The minimum absolute atomic E-state index is 0.139. The van der Waals surface area contributed by atoms with Gasteiger partial charge in [0, 0.05) is 27.7 Å². The van der Waals surface area contributed by atoms with Gasteiger partial charge in [0.05, 0.1) is 6.61 Å². The maximum absolute atomic E-state index is 12.1. The standard InChI is InChI=1S/C26H44O15Si/c1-12(27)34-10-17-20(36-13(2)28)22(37-14(3)29)23(38-15(4)30)25(40-17)41-21-18(31)16(39-24(33)19(21)32)11-35-42(8,9)26(5,6)7/h16-25,31-33H,10-11H2,1-9H3/t16-,17-,18-,19+,20-,21+,22+,23-,24+,25+/m1/s1. The summed E-state index contributed by atoms with van der Waals surface area (Å²) in [5.74, 6) is -3.21. The molecule has 0 unspecified atom stereocenters. The Morgan fingerprint density at radius 3 is 1.71 bits per heavy atom. The summed E-state index contributed by atoms with van der Waals surface area (Å²) in [6, 6.07) is 0. The summed E-state index contributed by atoms with van der Waals surface area (Å²) in [6.07, 6.45) is -15.5. The first kappa shape index (κ1) is 36.0. The van der Waals surface area contributed by atoms with Crippen molar-refractivity contribution in [3.63, 3.8) is 0 Å². The number of hydrogen-bond donors (Lipinski definition) is 3. The predicted molar refractivity (Wildman–Crippen MR) is 143 cm³/mol. The van der Waals surface area contributed by atoms with Gasteiger partial charge in [-0.05, 0) is 18.1 Å². The van der Waals surface area contributed by atoms with Crippen LogP contribution < -0.4 is 0 Å². The molecule has 242 valence electrons. The molecule has 0 aromatic carbocycles. The fraction of sp³-hybridized carbons (Fsp3) is 0.846. The third-order valence-corrected chi connectivity index (χ3v) is 11.8. The van der Waals surface area contributed by atoms with E-state index in [1.54, 1.807) is 0 Å². The minimum atomic E-state index is -2.31. The van der Waals surface area contributed by atoms with Gasteiger partial charge in [0.15, 0.2) is 39.2 Å². The van der Waals surface area contributed by atoms with E-state index in [1.807, 2.05) is 33.9 Å². The van der Waals surface area contributed by atoms with E-state index in [0.717, 1.165) is 27.7 Å². The quantitative estimate of drug-likeness (QED) is 0.165. The van der Waals surface area contributed by atoms with Crippen molar-refractivity contribution >= 4 is 32.2 Å². The van der Waals surface area contributed by atoms with E-state index in [2.05, 4.69) is 0 Å². The van der Waals surface area contributed by atoms with Gasteiger partial charge in [-0.2, -0.15) is 0 Å². The second-order valence-corrected chi connectivity index (χ2v) is 16.6. The Morgan fingerprint density at radius 1 is 0.690 bits per heavy atom. The number of aliphatic hydroxyl groups is 3. The largest absolute Gasteiger partial charge is 0.463 e. The Kier molecular flexibility index (Phi) is 12.5. The molecule has 42 heavy (non-hydrogen) atoms. The Hall–Kier alpha value is -2.18. The van der Waals surface area contributed by atoms with Crippen LogP contribution in [0.25, 0.3) is 0 Å². The van der Waals surface area contributed by atoms with Crippen LogP contribution >= 0.6 is 0 Å². The van der Waals surface area contributed by atoms with Gasteiger partial charge in [-0.1, -0.05) is 20.8 Å². The molecule has 0 aromatic rings. The second-order valence-electron chi connectivity index (χ2n) is 11.8. The molecule has 0 aromatic heterocycles. The highest BCUT2D eigenvalue weighted by molar-refractivity contribution is 6.74. The molecule has 0 amide bonds. The molecule has 2 aliphatic heterocycles. The van der Waals surface area contributed by atoms with Crippen molar-refractivity contribution in [3.8, 4) is 0 Å². The molecule has 2 heterocycles. The lowest BCUT2D eigenvalue weighted by Gasteiger charge is -2.47. The fourth-order valence-electron chi connectivity index (χ4n) is 4.17. The van der Waals surface area contributed by atoms with Gasteiger partial charge in [-0.3, -0.25) is 19.2 Å². The van der Waals surface area contributed by atoms with Crippen LogP contribution in [0.1, 0.15) is 48.5 Å². The first-order chi connectivity index (χ1) is 19.2. The van der Waals surface area contributed by atoms with E-state index < -0.39 is 100 Å². The molecular formula is C26H44O15Si. The van der Waals surface area contributed by atoms with Gasteiger partial charge in [-0.15, -0.1) is 0 Å². The molecule has 0 aliphatic carbocycles. The molecule has 0 saturated carbocycles. The Bertz CT molecular complexity index is 966. The van der Waals surface area contributed by atoms with Gasteiger partial charge < -0.3 is 52.9 Å². The number of rotatable bonds is 10. The van der Waals surface area contributed by atoms with Crippen molar-refractivity contribution in [1.82, 2.24) is 0 Å². The van der Waals surface area contributed by atoms with Crippen molar-refractivity contribution in [2.24, 2.45) is 0 Å². The van der Waals surface area contributed by atoms with Crippen molar-refractivity contribution in [2.45, 2.75) is 128 Å². The Morgan fingerprint density at radius 2 is 1.21 bits per heavy atom. The molecule has 10 atom stereocenters. The van der Waals surface area contributed by atoms with Gasteiger partial charge in [0.1, 0.15) is 37.1 Å². The lowest BCUT2D eigenvalue weighted by atomic mass is 9.96. The number of aliphatic hydroxyl groups excluding tert-OH is 3. The maximum Gasteiger partial charge on any atom is 0.303 e. The molecular weight excluding hydrogens is 580 g/mol. The first-order valence-electron chi connectivity index (χ1n) is 13.5. The van der Waals surface area contributed by atoms with Crippen molar-refractivity contribution in [3.05, 3.63) is 0 Å². The zero-order chi connectivity index (χ0) is 32.2. The predicted octanol–water partition coefficient (Wildman–Crippen LogP) is -0.0845. The number of ether oxygens (including phenoxy) is 7. The van der Waals surface area contributed by atoms with Crippen LogP contribution in [0.4, 0.5) is 0 Å². The first-order valence-corrected chi connectivity index (χ1v) is 16.5. The SMILES string of the molecule is CC(=O)OC[C@H]1O[C@@H](O[C@@H]2[C@H](O)[C@@H](O)O[C@H](CO[Si](C)(C)C(C)(C)C)[C@H]2O)[C@H](OC(C)=O)[C@@H](OC(C)=O)[C@@H]1OC(C)=O. The van der Waals surface area contributed by atoms with Gasteiger partial charge in [0.2, 0.25) is 0 Å². The zero-order valence-electron chi connectivity index (χ0n) is 25.4. The highest BCUT2D eigenvalue weighted by Gasteiger charge is 2.55. The van der Waals surface area contributed by atoms with Crippen LogP contribution in [0, 0.1) is 0 Å². The topological polar surface area (TPSA) is 203 Å². The molecule has 2 aliphatic rings. The normalized spacial score (nSPS) is 33.8. The molecule has 0 bridgehead atoms. The van der Waals surface area contributed by atoms with Gasteiger partial charge >= 0.3 is 23.9 Å². The molecule has 16 heteroatoms. The number of carbonyl (C=O) groups is 4. The van der Waals surface area contributed by atoms with Gasteiger partial charge in [-0.25, -0.2) is 0 Å². The Labute approximate surface area is 245 Å². The maximum atomic E-state index is 12.1. The van der Waals surface area contributed by atoms with E-state index in [0.29, 0.717) is 0 Å². The number of hydrogen-bond acceptors (Lipinski definition) is 15. The van der Waals surface area contributed by atoms with Crippen LogP contribution in [-0.2, 0) is 56.8 Å². The summed E-state index contributed by atoms with van der Waals surface area (Å²) in [7, 11) is -2.31. The van der Waals surface area contributed by atoms with E-state index in [-0.39, 0.29) is 11.6 Å². The average molecular weight is 625 g/mol. The zero-order valence-corrected chi connectivity index (χ0v) is 26.4. The van der Waals surface area contributed by atoms with Crippen LogP contribution in [-0.4, -0.2) is 122 Å². The Balaban J connectivity index is 2.44. The molecule has 0 radical (unpaired) electrons. The molecule has 2 rings (SSSR count). The summed E-state index contributed by atoms with van der Waals surface area (Å²) in [5.41, 5.74) is 0. The van der Waals surface area contributed by atoms with E-state index in [1.165, 1.54) is 0 Å².